The number of para-hydroxylation sites is 1. The van der Waals surface area contributed by atoms with Gasteiger partial charge < -0.3 is 24.5 Å². The van der Waals surface area contributed by atoms with Gasteiger partial charge >= 0.3 is 12.0 Å². The van der Waals surface area contributed by atoms with Crippen LogP contribution in [0, 0.1) is 5.82 Å². The van der Waals surface area contributed by atoms with Crippen molar-refractivity contribution < 1.29 is 37.5 Å². The van der Waals surface area contributed by atoms with E-state index >= 15 is 0 Å². The van der Waals surface area contributed by atoms with Crippen molar-refractivity contribution in [2.75, 3.05) is 19.0 Å². The molecule has 1 aromatic heterocycles. The number of imide groups is 1. The van der Waals surface area contributed by atoms with E-state index in [2.05, 4.69) is 15.4 Å². The second-order valence-electron chi connectivity index (χ2n) is 7.52. The van der Waals surface area contributed by atoms with Gasteiger partial charge in [0.2, 0.25) is 5.76 Å². The zero-order valence-electron chi connectivity index (χ0n) is 18.9. The van der Waals surface area contributed by atoms with E-state index in [1.165, 1.54) is 43.5 Å². The molecule has 2 N–H and O–H groups in total. The lowest BCUT2D eigenvalue weighted by Gasteiger charge is -2.10. The monoisotopic (exact) mass is 493 g/mol. The molecule has 1 aliphatic heterocycles. The Hall–Kier alpha value is -4.93. The van der Waals surface area contributed by atoms with Crippen molar-refractivity contribution in [3.8, 4) is 5.75 Å². The average Bonchev–Trinajstić information content (AvgIpc) is 3.43. The minimum Gasteiger partial charge on any atom is -0.483 e. The highest BCUT2D eigenvalue weighted by Crippen LogP contribution is 2.24. The van der Waals surface area contributed by atoms with Crippen LogP contribution in [0.15, 0.2) is 70.8 Å². The summed E-state index contributed by atoms with van der Waals surface area (Å²) in [6.45, 7) is -0.568. The smallest absolute Gasteiger partial charge is 0.373 e. The van der Waals surface area contributed by atoms with E-state index in [-0.39, 0.29) is 41.8 Å². The quantitative estimate of drug-likeness (QED) is 0.280. The molecule has 0 atom stereocenters. The standard InChI is InChI=1S/C25H20FN3O7/c1-34-24(32)21-10-9-18(36-21)13-29-23(31)19(28-25(29)33)11-15-5-2-3-8-20(15)35-14-22(30)27-17-7-4-6-16(26)12-17/h2-12H,13-14H2,1H3,(H,27,30)(H,28,33). The Morgan fingerprint density at radius 1 is 1.11 bits per heavy atom. The van der Waals surface area contributed by atoms with Gasteiger partial charge in [0.25, 0.3) is 11.8 Å². The number of nitrogens with one attached hydrogen (secondary N) is 2. The highest BCUT2D eigenvalue weighted by atomic mass is 19.1. The van der Waals surface area contributed by atoms with E-state index in [0.717, 1.165) is 4.90 Å². The van der Waals surface area contributed by atoms with E-state index in [1.807, 2.05) is 0 Å². The number of amides is 4. The number of hydrogen-bond donors (Lipinski definition) is 2. The Labute approximate surface area is 204 Å². The number of hydrogen-bond acceptors (Lipinski definition) is 7. The van der Waals surface area contributed by atoms with Crippen LogP contribution in [0.2, 0.25) is 0 Å². The van der Waals surface area contributed by atoms with Gasteiger partial charge in [0.05, 0.1) is 13.7 Å². The number of carbonyl (C=O) groups excluding carboxylic acids is 4. The van der Waals surface area contributed by atoms with E-state index in [1.54, 1.807) is 30.3 Å². The normalized spacial score (nSPS) is 14.1. The molecule has 11 heteroatoms. The maximum Gasteiger partial charge on any atom is 0.373 e. The fourth-order valence-corrected chi connectivity index (χ4v) is 3.34. The van der Waals surface area contributed by atoms with Crippen LogP contribution < -0.4 is 15.4 Å². The molecule has 0 saturated carbocycles. The predicted octanol–water partition coefficient (Wildman–Crippen LogP) is 3.32. The number of esters is 1. The van der Waals surface area contributed by atoms with Gasteiger partial charge in [-0.1, -0.05) is 24.3 Å². The summed E-state index contributed by atoms with van der Waals surface area (Å²) in [4.78, 5) is 49.9. The first-order valence-electron chi connectivity index (χ1n) is 10.6. The molecule has 0 spiro atoms. The minimum atomic E-state index is -0.680. The molecule has 0 bridgehead atoms. The highest BCUT2D eigenvalue weighted by molar-refractivity contribution is 6.14. The summed E-state index contributed by atoms with van der Waals surface area (Å²) in [5.41, 5.74) is 0.709. The van der Waals surface area contributed by atoms with Crippen LogP contribution in [0.1, 0.15) is 21.9 Å². The summed E-state index contributed by atoms with van der Waals surface area (Å²) in [6.07, 6.45) is 1.42. The van der Waals surface area contributed by atoms with Crippen molar-refractivity contribution in [2.24, 2.45) is 0 Å². The number of urea groups is 1. The number of carbonyl (C=O) groups is 4. The third-order valence-corrected chi connectivity index (χ3v) is 5.01. The third-order valence-electron chi connectivity index (χ3n) is 5.01. The largest absolute Gasteiger partial charge is 0.483 e. The SMILES string of the molecule is COC(=O)c1ccc(CN2C(=O)NC(=Cc3ccccc3OCC(=O)Nc3cccc(F)c3)C2=O)o1. The van der Waals surface area contributed by atoms with Crippen LogP contribution in [0.25, 0.3) is 6.08 Å². The van der Waals surface area contributed by atoms with Crippen LogP contribution in [-0.4, -0.2) is 42.4 Å². The molecule has 0 radical (unpaired) electrons. The molecule has 0 unspecified atom stereocenters. The maximum absolute atomic E-state index is 13.3. The number of anilines is 1. The molecule has 1 fully saturated rings. The van der Waals surface area contributed by atoms with Crippen LogP contribution in [0.5, 0.6) is 5.75 Å². The Kier molecular flexibility index (Phi) is 7.10. The van der Waals surface area contributed by atoms with Crippen molar-refractivity contribution >= 4 is 35.6 Å². The maximum atomic E-state index is 13.3. The first-order valence-corrected chi connectivity index (χ1v) is 10.6. The van der Waals surface area contributed by atoms with Crippen molar-refractivity contribution in [2.45, 2.75) is 6.54 Å². The highest BCUT2D eigenvalue weighted by Gasteiger charge is 2.34. The van der Waals surface area contributed by atoms with Crippen LogP contribution in [0.4, 0.5) is 14.9 Å². The fraction of sp³-hybridized carbons (Fsp3) is 0.120. The Bertz CT molecular complexity index is 1360. The lowest BCUT2D eigenvalue weighted by Crippen LogP contribution is -2.30. The molecule has 4 amide bonds. The lowest BCUT2D eigenvalue weighted by molar-refractivity contribution is -0.123. The van der Waals surface area contributed by atoms with Crippen LogP contribution >= 0.6 is 0 Å². The summed E-state index contributed by atoms with van der Waals surface area (Å²) in [5, 5.41) is 5.01. The number of methoxy groups -OCH3 is 1. The first kappa shape index (κ1) is 24.2. The Morgan fingerprint density at radius 2 is 1.92 bits per heavy atom. The van der Waals surface area contributed by atoms with Gasteiger partial charge in [0, 0.05) is 11.3 Å². The fourth-order valence-electron chi connectivity index (χ4n) is 3.34. The van der Waals surface area contributed by atoms with E-state index in [4.69, 9.17) is 9.15 Å². The molecular weight excluding hydrogens is 473 g/mol. The van der Waals surface area contributed by atoms with Crippen molar-refractivity contribution in [1.29, 1.82) is 0 Å². The number of ether oxygens (including phenoxy) is 2. The minimum absolute atomic E-state index is 0.0139. The van der Waals surface area contributed by atoms with Gasteiger partial charge in [0.1, 0.15) is 23.0 Å². The molecule has 0 aliphatic carbocycles. The number of rotatable bonds is 8. The molecule has 184 valence electrons. The molecule has 1 saturated heterocycles. The topological polar surface area (TPSA) is 127 Å². The van der Waals surface area contributed by atoms with Gasteiger partial charge in [-0.05, 0) is 42.5 Å². The number of nitrogens with zero attached hydrogens (tertiary/aromatic N) is 1. The van der Waals surface area contributed by atoms with E-state index in [9.17, 15) is 23.6 Å². The van der Waals surface area contributed by atoms with Crippen LogP contribution in [0.3, 0.4) is 0 Å². The summed E-state index contributed by atoms with van der Waals surface area (Å²) in [6, 6.07) is 14.2. The Morgan fingerprint density at radius 3 is 2.69 bits per heavy atom. The summed E-state index contributed by atoms with van der Waals surface area (Å²) < 4.78 is 28.8. The molecule has 2 aromatic carbocycles. The molecular formula is C25H20FN3O7. The number of furan rings is 1. The van der Waals surface area contributed by atoms with E-state index in [0.29, 0.717) is 5.56 Å². The summed E-state index contributed by atoms with van der Waals surface area (Å²) in [7, 11) is 1.21. The molecule has 1 aliphatic rings. The van der Waals surface area contributed by atoms with E-state index < -0.39 is 29.6 Å². The Balaban J connectivity index is 1.43. The summed E-state index contributed by atoms with van der Waals surface area (Å²) in [5.74, 6) is -1.84. The first-order chi connectivity index (χ1) is 17.3. The van der Waals surface area contributed by atoms with Crippen molar-refractivity contribution in [3.05, 3.63) is 89.3 Å². The molecule has 36 heavy (non-hydrogen) atoms. The van der Waals surface area contributed by atoms with Gasteiger partial charge in [-0.25, -0.2) is 14.0 Å². The second kappa shape index (κ2) is 10.6. The van der Waals surface area contributed by atoms with Crippen molar-refractivity contribution in [3.63, 3.8) is 0 Å². The molecule has 10 nitrogen and oxygen atoms in total. The zero-order chi connectivity index (χ0) is 25.7. The molecule has 4 rings (SSSR count). The second-order valence-corrected chi connectivity index (χ2v) is 7.52. The van der Waals surface area contributed by atoms with Crippen molar-refractivity contribution in [1.82, 2.24) is 10.2 Å². The lowest BCUT2D eigenvalue weighted by atomic mass is 10.1. The zero-order valence-corrected chi connectivity index (χ0v) is 18.9. The van der Waals surface area contributed by atoms with Crippen LogP contribution in [-0.2, 0) is 20.9 Å². The average molecular weight is 493 g/mol. The number of benzene rings is 2. The molecule has 3 aromatic rings. The molecule has 2 heterocycles. The number of halogens is 1. The van der Waals surface area contributed by atoms with Gasteiger partial charge in [-0.15, -0.1) is 0 Å². The van der Waals surface area contributed by atoms with Gasteiger partial charge in [0.15, 0.2) is 6.61 Å². The van der Waals surface area contributed by atoms with Gasteiger partial charge in [-0.2, -0.15) is 0 Å². The summed E-state index contributed by atoms with van der Waals surface area (Å²) >= 11 is 0. The third kappa shape index (κ3) is 5.58. The van der Waals surface area contributed by atoms with Gasteiger partial charge in [-0.3, -0.25) is 14.5 Å². The predicted molar refractivity (Wildman–Crippen MR) is 124 cm³/mol.